The van der Waals surface area contributed by atoms with Crippen LogP contribution in [0.25, 0.3) is 0 Å². The fourth-order valence-corrected chi connectivity index (χ4v) is 1.12. The highest BCUT2D eigenvalue weighted by Crippen LogP contribution is 2.14. The number of nitrogens with zero attached hydrogens (tertiary/aromatic N) is 1. The summed E-state index contributed by atoms with van der Waals surface area (Å²) in [5.74, 6) is -0.141. The van der Waals surface area contributed by atoms with Gasteiger partial charge in [-0.3, -0.25) is 4.79 Å². The maximum Gasteiger partial charge on any atom is 0.243 e. The van der Waals surface area contributed by atoms with Crippen LogP contribution in [-0.2, 0) is 4.79 Å². The summed E-state index contributed by atoms with van der Waals surface area (Å²) in [6, 6.07) is 3.68. The fourth-order valence-electron chi connectivity index (χ4n) is 0.489. The third-order valence-corrected chi connectivity index (χ3v) is 1.54. The number of hydrogen-bond acceptors (Lipinski definition) is 2. The van der Waals surface area contributed by atoms with Crippen LogP contribution in [0.2, 0.25) is 0 Å². The van der Waals surface area contributed by atoms with Crippen LogP contribution in [0.4, 0.5) is 5.00 Å². The van der Waals surface area contributed by atoms with E-state index in [0.29, 0.717) is 0 Å². The summed E-state index contributed by atoms with van der Waals surface area (Å²) in [5.41, 5.74) is 0. The Kier molecular flexibility index (Phi) is 1.85. The Morgan fingerprint density at radius 2 is 2.56 bits per heavy atom. The smallest absolute Gasteiger partial charge is 0.243 e. The monoisotopic (exact) mass is 140 g/mol. The van der Waals surface area contributed by atoms with Gasteiger partial charge in [-0.25, -0.2) is 5.32 Å². The molecule has 0 aliphatic heterocycles. The van der Waals surface area contributed by atoms with Crippen molar-refractivity contribution >= 4 is 22.2 Å². The Balaban J connectivity index is 2.58. The van der Waals surface area contributed by atoms with Gasteiger partial charge in [-0.1, -0.05) is 0 Å². The van der Waals surface area contributed by atoms with Gasteiger partial charge in [-0.15, -0.1) is 11.3 Å². The van der Waals surface area contributed by atoms with E-state index in [4.69, 9.17) is 0 Å². The van der Waals surface area contributed by atoms with E-state index in [1.807, 2.05) is 17.5 Å². The van der Waals surface area contributed by atoms with Crippen LogP contribution in [0.3, 0.4) is 0 Å². The number of rotatable bonds is 1. The SMILES string of the molecule is CC(=O)[N]c1cccs1. The van der Waals surface area contributed by atoms with Crippen LogP contribution in [0.1, 0.15) is 6.92 Å². The summed E-state index contributed by atoms with van der Waals surface area (Å²) in [5, 5.41) is 6.37. The number of hydrogen-bond donors (Lipinski definition) is 0. The van der Waals surface area contributed by atoms with Gasteiger partial charge in [-0.2, -0.15) is 0 Å². The van der Waals surface area contributed by atoms with Crippen LogP contribution in [0.5, 0.6) is 0 Å². The van der Waals surface area contributed by atoms with Gasteiger partial charge < -0.3 is 0 Å². The van der Waals surface area contributed by atoms with Crippen molar-refractivity contribution in [2.45, 2.75) is 6.92 Å². The molecular formula is C6H6NOS. The standard InChI is InChI=1S/C6H6NOS/c1-5(8)7-6-3-2-4-9-6/h2-4H,1H3. The first-order chi connectivity index (χ1) is 4.29. The van der Waals surface area contributed by atoms with Crippen molar-refractivity contribution in [2.75, 3.05) is 0 Å². The molecule has 1 aromatic heterocycles. The van der Waals surface area contributed by atoms with Crippen molar-refractivity contribution in [3.63, 3.8) is 0 Å². The molecule has 0 bridgehead atoms. The zero-order valence-corrected chi connectivity index (χ0v) is 5.81. The molecule has 1 radical (unpaired) electrons. The van der Waals surface area contributed by atoms with E-state index >= 15 is 0 Å². The Morgan fingerprint density at radius 1 is 1.78 bits per heavy atom. The van der Waals surface area contributed by atoms with E-state index < -0.39 is 0 Å². The summed E-state index contributed by atoms with van der Waals surface area (Å²) < 4.78 is 0. The number of carbonyl (C=O) groups excluding carboxylic acids is 1. The van der Waals surface area contributed by atoms with Crippen LogP contribution in [0, 0.1) is 0 Å². The van der Waals surface area contributed by atoms with E-state index in [1.54, 1.807) is 0 Å². The van der Waals surface area contributed by atoms with Gasteiger partial charge in [0.15, 0.2) is 0 Å². The average molecular weight is 140 g/mol. The molecule has 0 aliphatic carbocycles. The minimum atomic E-state index is -0.141. The van der Waals surface area contributed by atoms with Gasteiger partial charge in [-0.05, 0) is 17.5 Å². The second kappa shape index (κ2) is 2.64. The molecule has 1 rings (SSSR count). The highest BCUT2D eigenvalue weighted by Gasteiger charge is 1.95. The van der Waals surface area contributed by atoms with E-state index in [2.05, 4.69) is 5.32 Å². The van der Waals surface area contributed by atoms with Gasteiger partial charge in [0.2, 0.25) is 5.91 Å². The molecule has 1 heterocycles. The highest BCUT2D eigenvalue weighted by atomic mass is 32.1. The highest BCUT2D eigenvalue weighted by molar-refractivity contribution is 7.13. The minimum absolute atomic E-state index is 0.141. The second-order valence-corrected chi connectivity index (χ2v) is 2.51. The Hall–Kier alpha value is -0.830. The zero-order chi connectivity index (χ0) is 6.69. The van der Waals surface area contributed by atoms with Crippen LogP contribution in [0.15, 0.2) is 17.5 Å². The Morgan fingerprint density at radius 3 is 3.00 bits per heavy atom. The van der Waals surface area contributed by atoms with E-state index in [1.165, 1.54) is 18.3 Å². The molecule has 3 heteroatoms. The molecule has 9 heavy (non-hydrogen) atoms. The normalized spacial score (nSPS) is 9.00. The van der Waals surface area contributed by atoms with Crippen LogP contribution >= 0.6 is 11.3 Å². The zero-order valence-electron chi connectivity index (χ0n) is 5.00. The largest absolute Gasteiger partial charge is 0.273 e. The van der Waals surface area contributed by atoms with Gasteiger partial charge in [0, 0.05) is 6.92 Å². The molecule has 1 amide bonds. The van der Waals surface area contributed by atoms with Gasteiger partial charge >= 0.3 is 0 Å². The van der Waals surface area contributed by atoms with Crippen LogP contribution < -0.4 is 5.32 Å². The molecule has 2 nitrogen and oxygen atoms in total. The lowest BCUT2D eigenvalue weighted by Crippen LogP contribution is -2.01. The third-order valence-electron chi connectivity index (χ3n) is 0.774. The van der Waals surface area contributed by atoms with Gasteiger partial charge in [0.05, 0.1) is 0 Å². The molecule has 0 aromatic carbocycles. The molecule has 47 valence electrons. The molecule has 0 atom stereocenters. The molecule has 0 saturated heterocycles. The summed E-state index contributed by atoms with van der Waals surface area (Å²) in [4.78, 5) is 10.4. The van der Waals surface area contributed by atoms with Crippen molar-refractivity contribution in [3.05, 3.63) is 17.5 Å². The molecule has 0 unspecified atom stereocenters. The molecule has 1 aromatic rings. The maximum atomic E-state index is 10.4. The molecular weight excluding hydrogens is 134 g/mol. The average Bonchev–Trinajstić information content (AvgIpc) is 2.15. The van der Waals surface area contributed by atoms with E-state index in [0.717, 1.165) is 5.00 Å². The first-order valence-electron chi connectivity index (χ1n) is 2.55. The van der Waals surface area contributed by atoms with Gasteiger partial charge in [0.25, 0.3) is 0 Å². The molecule has 0 N–H and O–H groups in total. The predicted molar refractivity (Wildman–Crippen MR) is 36.8 cm³/mol. The second-order valence-electron chi connectivity index (χ2n) is 1.58. The van der Waals surface area contributed by atoms with E-state index in [9.17, 15) is 4.79 Å². The lowest BCUT2D eigenvalue weighted by Gasteiger charge is -1.87. The Labute approximate surface area is 57.5 Å². The fraction of sp³-hybridized carbons (Fsp3) is 0.167. The van der Waals surface area contributed by atoms with Crippen LogP contribution in [-0.4, -0.2) is 5.91 Å². The summed E-state index contributed by atoms with van der Waals surface area (Å²) in [7, 11) is 0. The van der Waals surface area contributed by atoms with Crippen molar-refractivity contribution < 1.29 is 4.79 Å². The maximum absolute atomic E-state index is 10.4. The lowest BCUT2D eigenvalue weighted by molar-refractivity contribution is -0.118. The molecule has 0 fully saturated rings. The quantitative estimate of drug-likeness (QED) is 0.582. The van der Waals surface area contributed by atoms with Gasteiger partial charge in [0.1, 0.15) is 5.00 Å². The first-order valence-corrected chi connectivity index (χ1v) is 3.43. The lowest BCUT2D eigenvalue weighted by atomic mass is 10.6. The number of amides is 1. The molecule has 0 spiro atoms. The summed E-state index contributed by atoms with van der Waals surface area (Å²) in [6.07, 6.45) is 0. The topological polar surface area (TPSA) is 31.2 Å². The number of thiophene rings is 1. The summed E-state index contributed by atoms with van der Waals surface area (Å²) >= 11 is 1.46. The van der Waals surface area contributed by atoms with Crippen molar-refractivity contribution in [1.82, 2.24) is 5.32 Å². The predicted octanol–water partition coefficient (Wildman–Crippen LogP) is 1.53. The Bertz CT molecular complexity index is 193. The molecule has 0 aliphatic rings. The summed E-state index contributed by atoms with van der Waals surface area (Å²) in [6.45, 7) is 1.44. The van der Waals surface area contributed by atoms with E-state index in [-0.39, 0.29) is 5.91 Å². The minimum Gasteiger partial charge on any atom is -0.273 e. The van der Waals surface area contributed by atoms with Crippen molar-refractivity contribution in [2.24, 2.45) is 0 Å². The third kappa shape index (κ3) is 1.85. The number of carbonyl (C=O) groups is 1. The van der Waals surface area contributed by atoms with Crippen molar-refractivity contribution in [3.8, 4) is 0 Å². The first kappa shape index (κ1) is 6.29. The molecule has 0 saturated carbocycles. The van der Waals surface area contributed by atoms with Crippen molar-refractivity contribution in [1.29, 1.82) is 0 Å².